The van der Waals surface area contributed by atoms with Crippen molar-refractivity contribution < 1.29 is 19.0 Å². The molecule has 26 heavy (non-hydrogen) atoms. The lowest BCUT2D eigenvalue weighted by Crippen LogP contribution is -2.16. The topological polar surface area (TPSA) is 68.8 Å². The Morgan fingerprint density at radius 1 is 1.00 bits per heavy atom. The molecule has 2 rings (SSSR count). The lowest BCUT2D eigenvalue weighted by Gasteiger charge is -2.13. The molecule has 0 spiro atoms. The SMILES string of the molecule is COc1ccc(OC)c(NC(=O)CCNc2ccc(OC(C)C)cc2)c1. The van der Waals surface area contributed by atoms with Crippen LogP contribution in [0.3, 0.4) is 0 Å². The smallest absolute Gasteiger partial charge is 0.226 e. The highest BCUT2D eigenvalue weighted by Gasteiger charge is 2.09. The van der Waals surface area contributed by atoms with Gasteiger partial charge >= 0.3 is 0 Å². The van der Waals surface area contributed by atoms with Crippen LogP contribution in [0.15, 0.2) is 42.5 Å². The third-order valence-electron chi connectivity index (χ3n) is 3.59. The average molecular weight is 358 g/mol. The second kappa shape index (κ2) is 9.56. The van der Waals surface area contributed by atoms with Crippen molar-refractivity contribution in [2.45, 2.75) is 26.4 Å². The van der Waals surface area contributed by atoms with Gasteiger partial charge in [0, 0.05) is 24.7 Å². The van der Waals surface area contributed by atoms with Crippen LogP contribution in [-0.2, 0) is 4.79 Å². The van der Waals surface area contributed by atoms with Gasteiger partial charge in [-0.25, -0.2) is 0 Å². The highest BCUT2D eigenvalue weighted by atomic mass is 16.5. The number of nitrogens with one attached hydrogen (secondary N) is 2. The second-order valence-electron chi connectivity index (χ2n) is 5.98. The van der Waals surface area contributed by atoms with E-state index in [2.05, 4.69) is 10.6 Å². The Kier molecular flexibility index (Phi) is 7.14. The predicted molar refractivity (Wildman–Crippen MR) is 103 cm³/mol. The van der Waals surface area contributed by atoms with Crippen LogP contribution in [0.2, 0.25) is 0 Å². The molecule has 0 saturated heterocycles. The third kappa shape index (κ3) is 5.88. The van der Waals surface area contributed by atoms with E-state index in [1.165, 1.54) is 0 Å². The van der Waals surface area contributed by atoms with Crippen molar-refractivity contribution in [3.05, 3.63) is 42.5 Å². The lowest BCUT2D eigenvalue weighted by molar-refractivity contribution is -0.116. The number of rotatable bonds is 9. The summed E-state index contributed by atoms with van der Waals surface area (Å²) in [5.41, 5.74) is 1.53. The molecule has 2 N–H and O–H groups in total. The van der Waals surface area contributed by atoms with Crippen LogP contribution >= 0.6 is 0 Å². The molecule has 6 heteroatoms. The van der Waals surface area contributed by atoms with Crippen molar-refractivity contribution in [2.75, 3.05) is 31.4 Å². The molecule has 2 aromatic carbocycles. The molecule has 0 unspecified atom stereocenters. The Morgan fingerprint density at radius 2 is 1.69 bits per heavy atom. The monoisotopic (exact) mass is 358 g/mol. The number of carbonyl (C=O) groups excluding carboxylic acids is 1. The first kappa shape index (κ1) is 19.4. The van der Waals surface area contributed by atoms with E-state index >= 15 is 0 Å². The van der Waals surface area contributed by atoms with E-state index in [9.17, 15) is 4.79 Å². The number of hydrogen-bond donors (Lipinski definition) is 2. The van der Waals surface area contributed by atoms with Gasteiger partial charge in [-0.1, -0.05) is 0 Å². The summed E-state index contributed by atoms with van der Waals surface area (Å²) in [5, 5.41) is 6.07. The molecular formula is C20H26N2O4. The zero-order valence-electron chi connectivity index (χ0n) is 15.7. The van der Waals surface area contributed by atoms with E-state index < -0.39 is 0 Å². The van der Waals surface area contributed by atoms with Gasteiger partial charge in [0.15, 0.2) is 0 Å². The van der Waals surface area contributed by atoms with E-state index in [1.807, 2.05) is 38.1 Å². The number of amides is 1. The van der Waals surface area contributed by atoms with Gasteiger partial charge in [-0.05, 0) is 50.2 Å². The van der Waals surface area contributed by atoms with Gasteiger partial charge in [0.25, 0.3) is 0 Å². The molecule has 0 atom stereocenters. The summed E-state index contributed by atoms with van der Waals surface area (Å²) in [4.78, 5) is 12.2. The maximum absolute atomic E-state index is 12.2. The molecule has 0 heterocycles. The van der Waals surface area contributed by atoms with E-state index in [0.29, 0.717) is 30.2 Å². The zero-order valence-corrected chi connectivity index (χ0v) is 15.7. The van der Waals surface area contributed by atoms with Crippen LogP contribution in [0.4, 0.5) is 11.4 Å². The summed E-state index contributed by atoms with van der Waals surface area (Å²) in [6.45, 7) is 4.49. The number of carbonyl (C=O) groups is 1. The standard InChI is InChI=1S/C20H26N2O4/c1-14(2)26-16-7-5-15(6-8-16)21-12-11-20(23)22-18-13-17(24-3)9-10-19(18)25-4/h5-10,13-14,21H,11-12H2,1-4H3,(H,22,23). The predicted octanol–water partition coefficient (Wildman–Crippen LogP) is 3.93. The molecule has 2 aromatic rings. The summed E-state index contributed by atoms with van der Waals surface area (Å²) in [6, 6.07) is 12.9. The molecule has 0 radical (unpaired) electrons. The number of ether oxygens (including phenoxy) is 3. The van der Waals surface area contributed by atoms with Crippen LogP contribution in [-0.4, -0.2) is 32.8 Å². The molecule has 0 saturated carbocycles. The molecule has 0 fully saturated rings. The first-order valence-electron chi connectivity index (χ1n) is 8.54. The zero-order chi connectivity index (χ0) is 18.9. The maximum atomic E-state index is 12.2. The summed E-state index contributed by atoms with van der Waals surface area (Å²) in [6.07, 6.45) is 0.469. The van der Waals surface area contributed by atoms with E-state index in [1.54, 1.807) is 32.4 Å². The Bertz CT molecular complexity index is 714. The highest BCUT2D eigenvalue weighted by Crippen LogP contribution is 2.28. The van der Waals surface area contributed by atoms with Crippen molar-refractivity contribution in [3.8, 4) is 17.2 Å². The Labute approximate surface area is 154 Å². The van der Waals surface area contributed by atoms with Crippen molar-refractivity contribution in [1.82, 2.24) is 0 Å². The highest BCUT2D eigenvalue weighted by molar-refractivity contribution is 5.92. The minimum Gasteiger partial charge on any atom is -0.497 e. The van der Waals surface area contributed by atoms with Crippen LogP contribution < -0.4 is 24.8 Å². The first-order valence-corrected chi connectivity index (χ1v) is 8.54. The van der Waals surface area contributed by atoms with Crippen LogP contribution in [0.5, 0.6) is 17.2 Å². The maximum Gasteiger partial charge on any atom is 0.226 e. The van der Waals surface area contributed by atoms with Gasteiger partial charge < -0.3 is 24.8 Å². The van der Waals surface area contributed by atoms with Crippen LogP contribution in [0.1, 0.15) is 20.3 Å². The van der Waals surface area contributed by atoms with Gasteiger partial charge in [-0.3, -0.25) is 4.79 Å². The number of anilines is 2. The van der Waals surface area contributed by atoms with Crippen molar-refractivity contribution in [3.63, 3.8) is 0 Å². The quantitative estimate of drug-likeness (QED) is 0.711. The molecule has 6 nitrogen and oxygen atoms in total. The molecule has 0 aliphatic heterocycles. The third-order valence-corrected chi connectivity index (χ3v) is 3.59. The van der Waals surface area contributed by atoms with Crippen molar-refractivity contribution >= 4 is 17.3 Å². The summed E-state index contributed by atoms with van der Waals surface area (Å²) in [7, 11) is 3.14. The van der Waals surface area contributed by atoms with Crippen LogP contribution in [0, 0.1) is 0 Å². The lowest BCUT2D eigenvalue weighted by atomic mass is 10.2. The summed E-state index contributed by atoms with van der Waals surface area (Å²) >= 11 is 0. The Hall–Kier alpha value is -2.89. The molecule has 0 aliphatic rings. The van der Waals surface area contributed by atoms with Gasteiger partial charge in [0.1, 0.15) is 17.2 Å². The fourth-order valence-electron chi connectivity index (χ4n) is 2.37. The van der Waals surface area contributed by atoms with Crippen molar-refractivity contribution in [1.29, 1.82) is 0 Å². The molecule has 0 aliphatic carbocycles. The first-order chi connectivity index (χ1) is 12.5. The summed E-state index contributed by atoms with van der Waals surface area (Å²) < 4.78 is 16.0. The fraction of sp³-hybridized carbons (Fsp3) is 0.350. The largest absolute Gasteiger partial charge is 0.497 e. The molecular weight excluding hydrogens is 332 g/mol. The van der Waals surface area contributed by atoms with Crippen molar-refractivity contribution in [2.24, 2.45) is 0 Å². The number of benzene rings is 2. The molecule has 140 valence electrons. The Balaban J connectivity index is 1.84. The molecule has 1 amide bonds. The van der Waals surface area contributed by atoms with Gasteiger partial charge in [0.05, 0.1) is 26.0 Å². The molecule has 0 aromatic heterocycles. The van der Waals surface area contributed by atoms with E-state index in [-0.39, 0.29) is 12.0 Å². The number of hydrogen-bond acceptors (Lipinski definition) is 5. The minimum absolute atomic E-state index is 0.108. The van der Waals surface area contributed by atoms with Crippen LogP contribution in [0.25, 0.3) is 0 Å². The van der Waals surface area contributed by atoms with E-state index in [0.717, 1.165) is 11.4 Å². The average Bonchev–Trinajstić information content (AvgIpc) is 2.62. The second-order valence-corrected chi connectivity index (χ2v) is 5.98. The van der Waals surface area contributed by atoms with E-state index in [4.69, 9.17) is 14.2 Å². The Morgan fingerprint density at radius 3 is 2.31 bits per heavy atom. The van der Waals surface area contributed by atoms with Gasteiger partial charge in [0.2, 0.25) is 5.91 Å². The van der Waals surface area contributed by atoms with Gasteiger partial charge in [-0.15, -0.1) is 0 Å². The normalized spacial score (nSPS) is 10.3. The number of methoxy groups -OCH3 is 2. The molecule has 0 bridgehead atoms. The fourth-order valence-corrected chi connectivity index (χ4v) is 2.37. The summed E-state index contributed by atoms with van der Waals surface area (Å²) in [5.74, 6) is 1.97. The van der Waals surface area contributed by atoms with Gasteiger partial charge in [-0.2, -0.15) is 0 Å². The minimum atomic E-state index is -0.108.